The molecule has 0 saturated heterocycles. The van der Waals surface area contributed by atoms with Crippen LogP contribution in [0.2, 0.25) is 0 Å². The molecule has 0 saturated carbocycles. The number of amidine groups is 1. The number of benzene rings is 1. The third kappa shape index (κ3) is 2.13. The monoisotopic (exact) mass is 266 g/mol. The molecule has 0 spiro atoms. The SMILES string of the molecule is CC1CCc2ccccc2N1c1cccc(C(=N)N)n1. The van der Waals surface area contributed by atoms with Crippen molar-refractivity contribution in [1.29, 1.82) is 5.41 Å². The number of para-hydroxylation sites is 1. The zero-order valence-electron chi connectivity index (χ0n) is 11.5. The molecule has 1 aliphatic rings. The van der Waals surface area contributed by atoms with Crippen LogP contribution >= 0.6 is 0 Å². The molecule has 0 fully saturated rings. The number of aromatic nitrogens is 1. The first kappa shape index (κ1) is 12.7. The molecule has 1 unspecified atom stereocenters. The third-order valence-corrected chi connectivity index (χ3v) is 3.78. The number of pyridine rings is 1. The van der Waals surface area contributed by atoms with Crippen LogP contribution in [0.25, 0.3) is 0 Å². The van der Waals surface area contributed by atoms with Gasteiger partial charge in [0.15, 0.2) is 0 Å². The van der Waals surface area contributed by atoms with Crippen molar-refractivity contribution in [3.63, 3.8) is 0 Å². The summed E-state index contributed by atoms with van der Waals surface area (Å²) in [5.41, 5.74) is 8.63. The highest BCUT2D eigenvalue weighted by molar-refractivity contribution is 5.93. The van der Waals surface area contributed by atoms with Gasteiger partial charge in [-0.3, -0.25) is 5.41 Å². The van der Waals surface area contributed by atoms with Crippen LogP contribution in [-0.2, 0) is 6.42 Å². The number of rotatable bonds is 2. The molecule has 1 aromatic carbocycles. The first-order chi connectivity index (χ1) is 9.66. The quantitative estimate of drug-likeness (QED) is 0.649. The molecule has 2 aromatic rings. The van der Waals surface area contributed by atoms with Gasteiger partial charge in [0.2, 0.25) is 0 Å². The molecule has 4 nitrogen and oxygen atoms in total. The normalized spacial score (nSPS) is 17.6. The molecule has 102 valence electrons. The fourth-order valence-electron chi connectivity index (χ4n) is 2.74. The van der Waals surface area contributed by atoms with E-state index in [9.17, 15) is 0 Å². The third-order valence-electron chi connectivity index (χ3n) is 3.78. The zero-order valence-corrected chi connectivity index (χ0v) is 11.5. The molecule has 20 heavy (non-hydrogen) atoms. The van der Waals surface area contributed by atoms with Gasteiger partial charge in [-0.1, -0.05) is 24.3 Å². The molecular formula is C16H18N4. The van der Waals surface area contributed by atoms with Crippen LogP contribution in [0.15, 0.2) is 42.5 Å². The summed E-state index contributed by atoms with van der Waals surface area (Å²) in [6.45, 7) is 2.21. The summed E-state index contributed by atoms with van der Waals surface area (Å²) in [4.78, 5) is 6.76. The molecule has 2 heterocycles. The standard InChI is InChI=1S/C16H18N4/c1-11-9-10-12-5-2-3-7-14(12)20(11)15-8-4-6-13(19-15)16(17)18/h2-8,11H,9-10H2,1H3,(H3,17,18). The Balaban J connectivity index is 2.09. The molecule has 1 atom stereocenters. The first-order valence-electron chi connectivity index (χ1n) is 6.85. The van der Waals surface area contributed by atoms with Crippen LogP contribution in [0, 0.1) is 5.41 Å². The topological polar surface area (TPSA) is 66.0 Å². The van der Waals surface area contributed by atoms with Crippen LogP contribution in [0.1, 0.15) is 24.6 Å². The first-order valence-corrected chi connectivity index (χ1v) is 6.85. The number of nitrogens with one attached hydrogen (secondary N) is 1. The van der Waals surface area contributed by atoms with E-state index in [0.29, 0.717) is 11.7 Å². The number of anilines is 2. The van der Waals surface area contributed by atoms with Crippen molar-refractivity contribution in [2.75, 3.05) is 4.90 Å². The van der Waals surface area contributed by atoms with Gasteiger partial charge in [-0.15, -0.1) is 0 Å². The van der Waals surface area contributed by atoms with Crippen LogP contribution in [0.3, 0.4) is 0 Å². The molecule has 0 radical (unpaired) electrons. The van der Waals surface area contributed by atoms with Gasteiger partial charge in [0.25, 0.3) is 0 Å². The van der Waals surface area contributed by atoms with E-state index >= 15 is 0 Å². The van der Waals surface area contributed by atoms with Gasteiger partial charge in [0.1, 0.15) is 17.3 Å². The van der Waals surface area contributed by atoms with E-state index < -0.39 is 0 Å². The fraction of sp³-hybridized carbons (Fsp3) is 0.250. The highest BCUT2D eigenvalue weighted by Gasteiger charge is 2.25. The van der Waals surface area contributed by atoms with Crippen molar-refractivity contribution in [2.45, 2.75) is 25.8 Å². The number of nitrogen functional groups attached to an aromatic ring is 1. The predicted molar refractivity (Wildman–Crippen MR) is 81.6 cm³/mol. The number of nitrogens with two attached hydrogens (primary N) is 1. The Bertz CT molecular complexity index is 650. The van der Waals surface area contributed by atoms with E-state index in [1.165, 1.54) is 11.3 Å². The van der Waals surface area contributed by atoms with E-state index in [1.807, 2.05) is 12.1 Å². The Kier molecular flexibility index (Phi) is 3.14. The molecule has 1 aromatic heterocycles. The van der Waals surface area contributed by atoms with Crippen molar-refractivity contribution >= 4 is 17.3 Å². The predicted octanol–water partition coefficient (Wildman–Crippen LogP) is 2.84. The summed E-state index contributed by atoms with van der Waals surface area (Å²) in [5, 5.41) is 7.54. The maximum absolute atomic E-state index is 7.54. The average molecular weight is 266 g/mol. The van der Waals surface area contributed by atoms with Crippen LogP contribution in [0.4, 0.5) is 11.5 Å². The van der Waals surface area contributed by atoms with Crippen molar-refractivity contribution in [1.82, 2.24) is 4.98 Å². The Hall–Kier alpha value is -2.36. The van der Waals surface area contributed by atoms with E-state index in [4.69, 9.17) is 11.1 Å². The minimum Gasteiger partial charge on any atom is -0.382 e. The molecule has 4 heteroatoms. The van der Waals surface area contributed by atoms with Crippen molar-refractivity contribution in [3.05, 3.63) is 53.7 Å². The summed E-state index contributed by atoms with van der Waals surface area (Å²) in [6.07, 6.45) is 2.20. The summed E-state index contributed by atoms with van der Waals surface area (Å²) in [7, 11) is 0. The molecular weight excluding hydrogens is 248 g/mol. The smallest absolute Gasteiger partial charge is 0.141 e. The Morgan fingerprint density at radius 3 is 2.85 bits per heavy atom. The van der Waals surface area contributed by atoms with E-state index in [0.717, 1.165) is 18.7 Å². The molecule has 1 aliphatic heterocycles. The fourth-order valence-corrected chi connectivity index (χ4v) is 2.74. The van der Waals surface area contributed by atoms with Crippen LogP contribution in [0.5, 0.6) is 0 Å². The van der Waals surface area contributed by atoms with Crippen LogP contribution in [-0.4, -0.2) is 16.9 Å². The molecule has 0 bridgehead atoms. The zero-order chi connectivity index (χ0) is 14.1. The lowest BCUT2D eigenvalue weighted by atomic mass is 9.96. The molecule has 3 rings (SSSR count). The average Bonchev–Trinajstić information content (AvgIpc) is 2.47. The molecule has 0 amide bonds. The van der Waals surface area contributed by atoms with Gasteiger partial charge in [-0.05, 0) is 43.5 Å². The number of nitrogens with zero attached hydrogens (tertiary/aromatic N) is 2. The number of aryl methyl sites for hydroxylation is 1. The lowest BCUT2D eigenvalue weighted by molar-refractivity contribution is 0.613. The molecule has 0 aliphatic carbocycles. The van der Waals surface area contributed by atoms with Crippen molar-refractivity contribution in [2.24, 2.45) is 5.73 Å². The van der Waals surface area contributed by atoms with E-state index in [2.05, 4.69) is 41.1 Å². The summed E-state index contributed by atoms with van der Waals surface area (Å²) in [6, 6.07) is 14.5. The Morgan fingerprint density at radius 1 is 1.25 bits per heavy atom. The summed E-state index contributed by atoms with van der Waals surface area (Å²) in [5.74, 6) is 0.863. The van der Waals surface area contributed by atoms with Crippen molar-refractivity contribution in [3.8, 4) is 0 Å². The molecule has 3 N–H and O–H groups in total. The second-order valence-corrected chi connectivity index (χ2v) is 5.18. The highest BCUT2D eigenvalue weighted by atomic mass is 15.2. The maximum atomic E-state index is 7.54. The van der Waals surface area contributed by atoms with Gasteiger partial charge >= 0.3 is 0 Å². The second kappa shape index (κ2) is 4.96. The van der Waals surface area contributed by atoms with Crippen LogP contribution < -0.4 is 10.6 Å². The van der Waals surface area contributed by atoms with Gasteiger partial charge in [-0.2, -0.15) is 0 Å². The van der Waals surface area contributed by atoms with E-state index in [1.54, 1.807) is 6.07 Å². The van der Waals surface area contributed by atoms with Gasteiger partial charge in [-0.25, -0.2) is 4.98 Å². The number of fused-ring (bicyclic) bond motifs is 1. The summed E-state index contributed by atoms with van der Waals surface area (Å²) >= 11 is 0. The number of hydrogen-bond acceptors (Lipinski definition) is 3. The Labute approximate surface area is 118 Å². The van der Waals surface area contributed by atoms with Gasteiger partial charge in [0, 0.05) is 11.7 Å². The van der Waals surface area contributed by atoms with E-state index in [-0.39, 0.29) is 5.84 Å². The minimum atomic E-state index is 0.00444. The summed E-state index contributed by atoms with van der Waals surface area (Å²) < 4.78 is 0. The lowest BCUT2D eigenvalue weighted by Crippen LogP contribution is -2.34. The maximum Gasteiger partial charge on any atom is 0.141 e. The highest BCUT2D eigenvalue weighted by Crippen LogP contribution is 2.35. The van der Waals surface area contributed by atoms with Crippen molar-refractivity contribution < 1.29 is 0 Å². The largest absolute Gasteiger partial charge is 0.382 e. The minimum absolute atomic E-state index is 0.00444. The second-order valence-electron chi connectivity index (χ2n) is 5.18. The Morgan fingerprint density at radius 2 is 2.05 bits per heavy atom. The lowest BCUT2D eigenvalue weighted by Gasteiger charge is -2.36. The van der Waals surface area contributed by atoms with Gasteiger partial charge in [0.05, 0.1) is 0 Å². The number of hydrogen-bond donors (Lipinski definition) is 2. The van der Waals surface area contributed by atoms with Gasteiger partial charge < -0.3 is 10.6 Å².